The number of amides is 1. The number of Topliss-reactive ketones (excluding diaryl/α,β-unsaturated/α-hetero) is 1. The average molecular weight is 327 g/mol. The van der Waals surface area contributed by atoms with Gasteiger partial charge in [-0.2, -0.15) is 0 Å². The van der Waals surface area contributed by atoms with Gasteiger partial charge in [0.05, 0.1) is 0 Å². The summed E-state index contributed by atoms with van der Waals surface area (Å²) in [5.74, 6) is -1.88. The maximum absolute atomic E-state index is 11.0. The molecule has 0 saturated carbocycles. The van der Waals surface area contributed by atoms with Crippen LogP contribution >= 0.6 is 11.9 Å². The van der Waals surface area contributed by atoms with Crippen LogP contribution in [0.5, 0.6) is 0 Å². The smallest absolute Gasteiger partial charge is 0.372 e. The van der Waals surface area contributed by atoms with E-state index in [-0.39, 0.29) is 25.2 Å². The zero-order chi connectivity index (χ0) is 16.8. The molecule has 0 spiro atoms. The Bertz CT molecular complexity index is 468. The first-order chi connectivity index (χ1) is 10.5. The molecule has 8 heteroatoms. The zero-order valence-corrected chi connectivity index (χ0v) is 13.0. The van der Waals surface area contributed by atoms with E-state index in [0.717, 1.165) is 17.6 Å². The van der Waals surface area contributed by atoms with Crippen LogP contribution in [0.1, 0.15) is 19.3 Å². The first kappa shape index (κ1) is 19.9. The van der Waals surface area contributed by atoms with Gasteiger partial charge < -0.3 is 16.2 Å². The number of nitrogens with one attached hydrogen (secondary N) is 1. The van der Waals surface area contributed by atoms with Crippen LogP contribution < -0.4 is 16.2 Å². The Labute approximate surface area is 133 Å². The van der Waals surface area contributed by atoms with Crippen molar-refractivity contribution in [3.05, 3.63) is 30.3 Å². The molecule has 1 amide bonds. The highest BCUT2D eigenvalue weighted by Crippen LogP contribution is 1.97. The summed E-state index contributed by atoms with van der Waals surface area (Å²) in [5, 5.41) is 16.0. The minimum atomic E-state index is -1.45. The summed E-state index contributed by atoms with van der Waals surface area (Å²) in [6.45, 7) is 0.479. The molecule has 1 aromatic rings. The van der Waals surface area contributed by atoms with Gasteiger partial charge in [0.25, 0.3) is 0 Å². The average Bonchev–Trinajstić information content (AvgIpc) is 2.48. The molecular weight excluding hydrogens is 306 g/mol. The fraction of sp³-hybridized carbons (Fsp3) is 0.357. The SMILES string of the molecule is NSCCNC(=O)CCCC(=O)C(=O)O.Nc1ccccc1. The Kier molecular flexibility index (Phi) is 11.5. The van der Waals surface area contributed by atoms with Crippen LogP contribution in [-0.2, 0) is 14.4 Å². The molecule has 0 aromatic heterocycles. The highest BCUT2D eigenvalue weighted by atomic mass is 32.2. The summed E-state index contributed by atoms with van der Waals surface area (Å²) in [7, 11) is 0. The molecule has 22 heavy (non-hydrogen) atoms. The number of carboxylic acid groups (broad SMARTS) is 1. The van der Waals surface area contributed by atoms with Crippen molar-refractivity contribution in [3.63, 3.8) is 0 Å². The van der Waals surface area contributed by atoms with E-state index in [0.29, 0.717) is 12.3 Å². The first-order valence-electron chi connectivity index (χ1n) is 6.62. The van der Waals surface area contributed by atoms with Gasteiger partial charge in [-0.25, -0.2) is 4.79 Å². The van der Waals surface area contributed by atoms with Gasteiger partial charge in [-0.05, 0) is 18.6 Å². The first-order valence-corrected chi connectivity index (χ1v) is 7.67. The van der Waals surface area contributed by atoms with Crippen molar-refractivity contribution in [2.24, 2.45) is 5.14 Å². The summed E-state index contributed by atoms with van der Waals surface area (Å²) in [6, 6.07) is 9.49. The van der Waals surface area contributed by atoms with Crippen molar-refractivity contribution in [2.75, 3.05) is 18.0 Å². The fourth-order valence-electron chi connectivity index (χ4n) is 1.31. The van der Waals surface area contributed by atoms with Crippen molar-refractivity contribution in [2.45, 2.75) is 19.3 Å². The number of nitrogen functional groups attached to an aromatic ring is 1. The van der Waals surface area contributed by atoms with Crippen molar-refractivity contribution >= 4 is 35.3 Å². The molecule has 0 aliphatic rings. The minimum Gasteiger partial charge on any atom is -0.476 e. The molecule has 0 fully saturated rings. The van der Waals surface area contributed by atoms with Crippen molar-refractivity contribution in [3.8, 4) is 0 Å². The van der Waals surface area contributed by atoms with Gasteiger partial charge in [0.2, 0.25) is 11.7 Å². The topological polar surface area (TPSA) is 136 Å². The number of hydrogen-bond acceptors (Lipinski definition) is 6. The van der Waals surface area contributed by atoms with Gasteiger partial charge >= 0.3 is 5.97 Å². The van der Waals surface area contributed by atoms with Gasteiger partial charge in [0.15, 0.2) is 0 Å². The second-order valence-corrected chi connectivity index (χ2v) is 4.95. The number of nitrogens with two attached hydrogens (primary N) is 2. The van der Waals surface area contributed by atoms with Gasteiger partial charge in [0, 0.05) is 30.8 Å². The van der Waals surface area contributed by atoms with Crippen molar-refractivity contribution in [1.29, 1.82) is 0 Å². The van der Waals surface area contributed by atoms with Gasteiger partial charge in [-0.1, -0.05) is 30.1 Å². The van der Waals surface area contributed by atoms with Crippen LogP contribution in [0.2, 0.25) is 0 Å². The molecule has 0 heterocycles. The molecular formula is C14H21N3O4S. The quantitative estimate of drug-likeness (QED) is 0.240. The molecule has 0 radical (unpaired) electrons. The molecule has 0 saturated heterocycles. The van der Waals surface area contributed by atoms with E-state index in [9.17, 15) is 14.4 Å². The van der Waals surface area contributed by atoms with Crippen LogP contribution in [0, 0.1) is 0 Å². The molecule has 0 bridgehead atoms. The third kappa shape index (κ3) is 11.7. The number of para-hydroxylation sites is 1. The number of carboxylic acids is 1. The number of hydrogen-bond donors (Lipinski definition) is 4. The molecule has 0 aliphatic heterocycles. The van der Waals surface area contributed by atoms with E-state index in [2.05, 4.69) is 5.32 Å². The molecule has 1 aromatic carbocycles. The Morgan fingerprint density at radius 2 is 1.77 bits per heavy atom. The number of aliphatic carboxylic acids is 1. The van der Waals surface area contributed by atoms with Crippen LogP contribution in [0.4, 0.5) is 5.69 Å². The Balaban J connectivity index is 0.000000518. The lowest BCUT2D eigenvalue weighted by molar-refractivity contribution is -0.149. The van der Waals surface area contributed by atoms with E-state index in [1.165, 1.54) is 0 Å². The van der Waals surface area contributed by atoms with Crippen LogP contribution in [0.15, 0.2) is 30.3 Å². The third-order valence-electron chi connectivity index (χ3n) is 2.39. The van der Waals surface area contributed by atoms with Gasteiger partial charge in [-0.15, -0.1) is 0 Å². The lowest BCUT2D eigenvalue weighted by Crippen LogP contribution is -2.26. The molecule has 0 atom stereocenters. The highest BCUT2D eigenvalue weighted by Gasteiger charge is 2.11. The lowest BCUT2D eigenvalue weighted by Gasteiger charge is -2.02. The predicted molar refractivity (Wildman–Crippen MR) is 87.0 cm³/mol. The van der Waals surface area contributed by atoms with Crippen LogP contribution in [0.3, 0.4) is 0 Å². The lowest BCUT2D eigenvalue weighted by atomic mass is 10.2. The number of carbonyl (C=O) groups excluding carboxylic acids is 2. The van der Waals surface area contributed by atoms with Crippen LogP contribution in [0.25, 0.3) is 0 Å². The third-order valence-corrected chi connectivity index (χ3v) is 2.83. The number of carbonyl (C=O) groups is 3. The number of rotatable bonds is 8. The molecule has 122 valence electrons. The Morgan fingerprint density at radius 1 is 1.14 bits per heavy atom. The van der Waals surface area contributed by atoms with E-state index in [1.807, 2.05) is 30.3 Å². The maximum atomic E-state index is 11.0. The number of anilines is 1. The van der Waals surface area contributed by atoms with E-state index < -0.39 is 11.8 Å². The summed E-state index contributed by atoms with van der Waals surface area (Å²) in [6.07, 6.45) is 0.315. The summed E-state index contributed by atoms with van der Waals surface area (Å²) in [4.78, 5) is 31.8. The fourth-order valence-corrected chi connectivity index (χ4v) is 1.53. The zero-order valence-electron chi connectivity index (χ0n) is 12.2. The molecule has 0 unspecified atom stereocenters. The molecule has 7 nitrogen and oxygen atoms in total. The summed E-state index contributed by atoms with van der Waals surface area (Å²) in [5.41, 5.74) is 6.18. The second kappa shape index (κ2) is 12.7. The van der Waals surface area contributed by atoms with Crippen LogP contribution in [-0.4, -0.2) is 35.1 Å². The van der Waals surface area contributed by atoms with Gasteiger partial charge in [0.1, 0.15) is 0 Å². The number of benzene rings is 1. The van der Waals surface area contributed by atoms with Crippen molar-refractivity contribution in [1.82, 2.24) is 5.32 Å². The molecule has 1 rings (SSSR count). The molecule has 0 aliphatic carbocycles. The predicted octanol–water partition coefficient (Wildman–Crippen LogP) is 0.802. The Morgan fingerprint density at radius 3 is 2.23 bits per heavy atom. The normalized spacial score (nSPS) is 9.32. The second-order valence-electron chi connectivity index (χ2n) is 4.21. The maximum Gasteiger partial charge on any atom is 0.372 e. The van der Waals surface area contributed by atoms with Gasteiger partial charge in [-0.3, -0.25) is 14.7 Å². The monoisotopic (exact) mass is 327 g/mol. The molecule has 6 N–H and O–H groups in total. The van der Waals surface area contributed by atoms with E-state index in [1.54, 1.807) is 0 Å². The summed E-state index contributed by atoms with van der Waals surface area (Å²) < 4.78 is 0. The standard InChI is InChI=1S/C8H14N2O4S.C6H7N/c9-15-5-4-10-7(12)3-1-2-6(11)8(13)14;7-6-4-2-1-3-5-6/h1-5,9H2,(H,10,12)(H,13,14);1-5H,7H2. The highest BCUT2D eigenvalue weighted by molar-refractivity contribution is 7.97. The van der Waals surface area contributed by atoms with E-state index in [4.69, 9.17) is 16.0 Å². The summed E-state index contributed by atoms with van der Waals surface area (Å²) >= 11 is 1.13. The van der Waals surface area contributed by atoms with E-state index >= 15 is 0 Å². The minimum absolute atomic E-state index is 0.103. The van der Waals surface area contributed by atoms with Crippen molar-refractivity contribution < 1.29 is 19.5 Å². The number of ketones is 1. The largest absolute Gasteiger partial charge is 0.476 e. The Hall–Kier alpha value is -2.06.